The Morgan fingerprint density at radius 1 is 1.43 bits per heavy atom. The summed E-state index contributed by atoms with van der Waals surface area (Å²) in [6.45, 7) is 0. The number of nitrogen functional groups attached to an aromatic ring is 1. The van der Waals surface area contributed by atoms with Gasteiger partial charge in [-0.25, -0.2) is 18.6 Å². The summed E-state index contributed by atoms with van der Waals surface area (Å²) in [4.78, 5) is 14.6. The maximum atomic E-state index is 14.4. The van der Waals surface area contributed by atoms with Crippen LogP contribution in [0.2, 0.25) is 5.02 Å². The number of halogens is 3. The van der Waals surface area contributed by atoms with Crippen LogP contribution in [0.5, 0.6) is 5.75 Å². The van der Waals surface area contributed by atoms with Crippen molar-refractivity contribution >= 4 is 23.3 Å². The molecule has 0 saturated carbocycles. The molecule has 1 heterocycles. The quantitative estimate of drug-likeness (QED) is 0.851. The van der Waals surface area contributed by atoms with E-state index in [1.165, 1.54) is 13.2 Å². The molecule has 0 radical (unpaired) electrons. The number of methoxy groups -OCH3 is 1. The summed E-state index contributed by atoms with van der Waals surface area (Å²) >= 11 is 5.91. The first-order valence-corrected chi connectivity index (χ1v) is 5.95. The zero-order valence-corrected chi connectivity index (χ0v) is 11.4. The number of aromatic nitrogens is 1. The number of aromatic carboxylic acids is 1. The molecule has 21 heavy (non-hydrogen) atoms. The number of nitrogens with zero attached hydrogens (tertiary/aromatic N) is 1. The molecule has 2 rings (SSSR count). The lowest BCUT2D eigenvalue weighted by Crippen LogP contribution is -2.06. The van der Waals surface area contributed by atoms with Gasteiger partial charge in [-0.3, -0.25) is 0 Å². The summed E-state index contributed by atoms with van der Waals surface area (Å²) in [7, 11) is 1.19. The van der Waals surface area contributed by atoms with Gasteiger partial charge in [0.1, 0.15) is 5.82 Å². The van der Waals surface area contributed by atoms with E-state index in [0.29, 0.717) is 6.20 Å². The lowest BCUT2D eigenvalue weighted by Gasteiger charge is -2.13. The van der Waals surface area contributed by atoms with Crippen molar-refractivity contribution in [3.63, 3.8) is 0 Å². The second-order valence-electron chi connectivity index (χ2n) is 4.02. The first kappa shape index (κ1) is 15.0. The third kappa shape index (κ3) is 2.59. The van der Waals surface area contributed by atoms with Crippen LogP contribution in [-0.2, 0) is 0 Å². The van der Waals surface area contributed by atoms with Crippen molar-refractivity contribution in [2.75, 3.05) is 12.8 Å². The molecule has 1 aromatic carbocycles. The fourth-order valence-corrected chi connectivity index (χ4v) is 2.18. The summed E-state index contributed by atoms with van der Waals surface area (Å²) in [5, 5.41) is 8.89. The van der Waals surface area contributed by atoms with Crippen molar-refractivity contribution in [1.29, 1.82) is 0 Å². The number of hydrogen-bond acceptors (Lipinski definition) is 4. The van der Waals surface area contributed by atoms with Crippen molar-refractivity contribution in [2.45, 2.75) is 0 Å². The average molecular weight is 315 g/mol. The van der Waals surface area contributed by atoms with Gasteiger partial charge < -0.3 is 15.6 Å². The van der Waals surface area contributed by atoms with Gasteiger partial charge >= 0.3 is 5.97 Å². The number of benzene rings is 1. The molecule has 0 atom stereocenters. The minimum absolute atomic E-state index is 0.0648. The maximum Gasteiger partial charge on any atom is 0.355 e. The molecule has 0 amide bonds. The predicted octanol–water partition coefficient (Wildman–Crippen LogP) is 2.97. The molecule has 0 aliphatic rings. The zero-order valence-electron chi connectivity index (χ0n) is 10.7. The highest BCUT2D eigenvalue weighted by molar-refractivity contribution is 6.34. The summed E-state index contributed by atoms with van der Waals surface area (Å²) in [5.41, 5.74) is 4.31. The van der Waals surface area contributed by atoms with Gasteiger partial charge in [0.2, 0.25) is 0 Å². The highest BCUT2D eigenvalue weighted by atomic mass is 35.5. The van der Waals surface area contributed by atoms with Gasteiger partial charge in [-0.1, -0.05) is 11.6 Å². The van der Waals surface area contributed by atoms with Gasteiger partial charge in [0.25, 0.3) is 0 Å². The standard InChI is InChI=1S/C13H9ClF2N2O3/c1-21-12-8(17)3-7(14)9(10(12)16)6-2-5(15)4-18-11(6)13(19)20/h2-4H,17H2,1H3,(H,19,20). The minimum Gasteiger partial charge on any atom is -0.492 e. The van der Waals surface area contributed by atoms with Crippen LogP contribution in [0.25, 0.3) is 11.1 Å². The van der Waals surface area contributed by atoms with Crippen LogP contribution in [0.3, 0.4) is 0 Å². The van der Waals surface area contributed by atoms with Gasteiger partial charge in [0.05, 0.1) is 24.0 Å². The van der Waals surface area contributed by atoms with Crippen molar-refractivity contribution in [3.05, 3.63) is 40.7 Å². The molecule has 0 spiro atoms. The summed E-state index contributed by atoms with van der Waals surface area (Å²) in [5.74, 6) is -3.58. The molecule has 0 unspecified atom stereocenters. The second kappa shape index (κ2) is 5.53. The Morgan fingerprint density at radius 2 is 2.10 bits per heavy atom. The first-order valence-electron chi connectivity index (χ1n) is 5.57. The SMILES string of the molecule is COc1c(N)cc(Cl)c(-c2cc(F)cnc2C(=O)O)c1F. The number of hydrogen-bond donors (Lipinski definition) is 2. The summed E-state index contributed by atoms with van der Waals surface area (Å²) < 4.78 is 32.6. The first-order chi connectivity index (χ1) is 9.86. The Kier molecular flexibility index (Phi) is 3.95. The van der Waals surface area contributed by atoms with Crippen molar-refractivity contribution in [1.82, 2.24) is 4.98 Å². The summed E-state index contributed by atoms with van der Waals surface area (Å²) in [6, 6.07) is 2.02. The Bertz CT molecular complexity index is 738. The number of carbonyl (C=O) groups is 1. The number of carboxylic acids is 1. The van der Waals surface area contributed by atoms with E-state index < -0.39 is 23.3 Å². The number of rotatable bonds is 3. The molecule has 0 aliphatic heterocycles. The predicted molar refractivity (Wildman–Crippen MR) is 72.5 cm³/mol. The third-order valence-corrected chi connectivity index (χ3v) is 3.03. The van der Waals surface area contributed by atoms with Crippen LogP contribution in [0.4, 0.5) is 14.5 Å². The van der Waals surface area contributed by atoms with E-state index in [-0.39, 0.29) is 27.6 Å². The Labute approximate surface area is 122 Å². The van der Waals surface area contributed by atoms with Gasteiger partial charge in [0.15, 0.2) is 17.3 Å². The second-order valence-corrected chi connectivity index (χ2v) is 4.43. The smallest absolute Gasteiger partial charge is 0.355 e. The van der Waals surface area contributed by atoms with Crippen LogP contribution in [-0.4, -0.2) is 23.2 Å². The van der Waals surface area contributed by atoms with Crippen LogP contribution in [0, 0.1) is 11.6 Å². The minimum atomic E-state index is -1.45. The van der Waals surface area contributed by atoms with Crippen molar-refractivity contribution in [2.24, 2.45) is 0 Å². The van der Waals surface area contributed by atoms with Crippen molar-refractivity contribution in [3.8, 4) is 16.9 Å². The number of nitrogens with two attached hydrogens (primary N) is 1. The van der Waals surface area contributed by atoms with E-state index in [0.717, 1.165) is 6.07 Å². The molecular weight excluding hydrogens is 306 g/mol. The molecule has 0 aliphatic carbocycles. The van der Waals surface area contributed by atoms with Gasteiger partial charge in [-0.05, 0) is 12.1 Å². The molecule has 0 bridgehead atoms. The molecule has 3 N–H and O–H groups in total. The van der Waals surface area contributed by atoms with Gasteiger partial charge in [-0.15, -0.1) is 0 Å². The number of pyridine rings is 1. The van der Waals surface area contributed by atoms with E-state index in [9.17, 15) is 13.6 Å². The van der Waals surface area contributed by atoms with E-state index in [4.69, 9.17) is 27.2 Å². The van der Waals surface area contributed by atoms with E-state index in [1.54, 1.807) is 0 Å². The van der Waals surface area contributed by atoms with Crippen LogP contribution in [0.1, 0.15) is 10.5 Å². The highest BCUT2D eigenvalue weighted by Crippen LogP contribution is 2.40. The fraction of sp³-hybridized carbons (Fsp3) is 0.0769. The molecule has 0 saturated heterocycles. The van der Waals surface area contributed by atoms with E-state index in [1.807, 2.05) is 0 Å². The third-order valence-electron chi connectivity index (χ3n) is 2.73. The maximum absolute atomic E-state index is 14.4. The molecule has 8 heteroatoms. The van der Waals surface area contributed by atoms with E-state index in [2.05, 4.69) is 4.98 Å². The Morgan fingerprint density at radius 3 is 2.67 bits per heavy atom. The number of carboxylic acid groups (broad SMARTS) is 1. The normalized spacial score (nSPS) is 10.5. The lowest BCUT2D eigenvalue weighted by atomic mass is 10.0. The monoisotopic (exact) mass is 314 g/mol. The average Bonchev–Trinajstić information content (AvgIpc) is 2.38. The Balaban J connectivity index is 2.84. The van der Waals surface area contributed by atoms with Gasteiger partial charge in [-0.2, -0.15) is 0 Å². The number of anilines is 1. The lowest BCUT2D eigenvalue weighted by molar-refractivity contribution is 0.0691. The highest BCUT2D eigenvalue weighted by Gasteiger charge is 2.24. The largest absolute Gasteiger partial charge is 0.492 e. The zero-order chi connectivity index (χ0) is 15.7. The van der Waals surface area contributed by atoms with Crippen LogP contribution in [0.15, 0.2) is 18.3 Å². The molecular formula is C13H9ClF2N2O3. The topological polar surface area (TPSA) is 85.4 Å². The molecule has 5 nitrogen and oxygen atoms in total. The van der Waals surface area contributed by atoms with Crippen molar-refractivity contribution < 1.29 is 23.4 Å². The van der Waals surface area contributed by atoms with Gasteiger partial charge in [0, 0.05) is 11.1 Å². The van der Waals surface area contributed by atoms with Crippen LogP contribution < -0.4 is 10.5 Å². The molecule has 110 valence electrons. The molecule has 2 aromatic rings. The Hall–Kier alpha value is -2.41. The number of ether oxygens (including phenoxy) is 1. The van der Waals surface area contributed by atoms with E-state index >= 15 is 0 Å². The van der Waals surface area contributed by atoms with Crippen LogP contribution >= 0.6 is 11.6 Å². The molecule has 1 aromatic heterocycles. The fourth-order valence-electron chi connectivity index (χ4n) is 1.87. The molecule has 0 fully saturated rings. The summed E-state index contributed by atoms with van der Waals surface area (Å²) in [6.07, 6.45) is 0.716.